The Bertz CT molecular complexity index is 598. The van der Waals surface area contributed by atoms with Crippen molar-refractivity contribution in [2.75, 3.05) is 20.3 Å². The van der Waals surface area contributed by atoms with E-state index in [2.05, 4.69) is 5.32 Å². The number of benzene rings is 1. The zero-order valence-corrected chi connectivity index (χ0v) is 15.6. The lowest BCUT2D eigenvalue weighted by Gasteiger charge is -2.22. The molecule has 5 nitrogen and oxygen atoms in total. The first-order chi connectivity index (χ1) is 11.9. The minimum atomic E-state index is -4.43. The van der Waals surface area contributed by atoms with Crippen LogP contribution in [0.1, 0.15) is 32.8 Å². The summed E-state index contributed by atoms with van der Waals surface area (Å²) in [7, 11) is 1.35. The Hall–Kier alpha value is -1.96. The van der Waals surface area contributed by atoms with Crippen LogP contribution in [-0.4, -0.2) is 38.4 Å². The molecule has 1 rings (SSSR count). The summed E-state index contributed by atoms with van der Waals surface area (Å²) in [6, 6.07) is 4.12. The lowest BCUT2D eigenvalue weighted by Crippen LogP contribution is -2.43. The van der Waals surface area contributed by atoms with Crippen LogP contribution in [0.3, 0.4) is 0 Å². The van der Waals surface area contributed by atoms with Gasteiger partial charge in [-0.3, -0.25) is 4.79 Å². The normalized spacial score (nSPS) is 13.2. The summed E-state index contributed by atoms with van der Waals surface area (Å²) in [5, 5.41) is 2.74. The minimum Gasteiger partial charge on any atom is -0.493 e. The second-order valence-corrected chi connectivity index (χ2v) is 7.30. The highest BCUT2D eigenvalue weighted by Crippen LogP contribution is 2.30. The van der Waals surface area contributed by atoms with Gasteiger partial charge in [0.05, 0.1) is 13.2 Å². The third-order valence-electron chi connectivity index (χ3n) is 3.50. The zero-order valence-electron chi connectivity index (χ0n) is 15.6. The number of ether oxygens (including phenoxy) is 2. The Labute approximate surface area is 152 Å². The molecule has 1 atom stereocenters. The first-order valence-electron chi connectivity index (χ1n) is 8.31. The number of nitrogens with two attached hydrogens (primary N) is 1. The van der Waals surface area contributed by atoms with Crippen LogP contribution in [0, 0.1) is 5.41 Å². The fourth-order valence-electron chi connectivity index (χ4n) is 2.36. The average molecular weight is 376 g/mol. The van der Waals surface area contributed by atoms with Crippen LogP contribution < -0.4 is 20.5 Å². The summed E-state index contributed by atoms with van der Waals surface area (Å²) < 4.78 is 46.8. The standard InChI is InChI=1S/C18H27F3N2O3/c1-17(2,3)10-13(22)16(24)23-8-7-12-5-6-14(25-4)15(9-12)26-11-18(19,20)21/h5-6,9,13H,7-8,10-11,22H2,1-4H3,(H,23,24). The van der Waals surface area contributed by atoms with Crippen LogP contribution in [-0.2, 0) is 11.2 Å². The maximum Gasteiger partial charge on any atom is 0.422 e. The third-order valence-corrected chi connectivity index (χ3v) is 3.50. The maximum absolute atomic E-state index is 12.3. The van der Waals surface area contributed by atoms with Crippen LogP contribution in [0.4, 0.5) is 13.2 Å². The molecule has 26 heavy (non-hydrogen) atoms. The van der Waals surface area contributed by atoms with Gasteiger partial charge in [-0.15, -0.1) is 0 Å². The predicted octanol–water partition coefficient (Wildman–Crippen LogP) is 3.06. The van der Waals surface area contributed by atoms with Gasteiger partial charge >= 0.3 is 6.18 Å². The second kappa shape index (κ2) is 9.12. The first kappa shape index (κ1) is 22.1. The predicted molar refractivity (Wildman–Crippen MR) is 93.3 cm³/mol. The van der Waals surface area contributed by atoms with E-state index in [0.717, 1.165) is 0 Å². The number of methoxy groups -OCH3 is 1. The van der Waals surface area contributed by atoms with Crippen molar-refractivity contribution in [3.8, 4) is 11.5 Å². The van der Waals surface area contributed by atoms with Gasteiger partial charge in [-0.25, -0.2) is 0 Å². The Kier molecular flexibility index (Phi) is 7.74. The topological polar surface area (TPSA) is 73.6 Å². The van der Waals surface area contributed by atoms with E-state index in [9.17, 15) is 18.0 Å². The molecule has 1 unspecified atom stereocenters. The van der Waals surface area contributed by atoms with E-state index in [4.69, 9.17) is 15.2 Å². The molecule has 0 radical (unpaired) electrons. The van der Waals surface area contributed by atoms with Gasteiger partial charge < -0.3 is 20.5 Å². The molecular formula is C18H27F3N2O3. The van der Waals surface area contributed by atoms with E-state index in [1.807, 2.05) is 20.8 Å². The summed E-state index contributed by atoms with van der Waals surface area (Å²) in [6.07, 6.45) is -3.45. The number of hydrogen-bond acceptors (Lipinski definition) is 4. The van der Waals surface area contributed by atoms with Crippen molar-refractivity contribution in [2.24, 2.45) is 11.1 Å². The highest BCUT2D eigenvalue weighted by atomic mass is 19.4. The number of alkyl halides is 3. The van der Waals surface area contributed by atoms with Crippen molar-refractivity contribution in [3.05, 3.63) is 23.8 Å². The summed E-state index contributed by atoms with van der Waals surface area (Å²) in [4.78, 5) is 12.0. The number of halogens is 3. The molecule has 0 bridgehead atoms. The minimum absolute atomic E-state index is 0.0121. The summed E-state index contributed by atoms with van der Waals surface area (Å²) in [6.45, 7) is 4.92. The summed E-state index contributed by atoms with van der Waals surface area (Å²) in [5.41, 5.74) is 6.53. The van der Waals surface area contributed by atoms with Crippen LogP contribution in [0.15, 0.2) is 18.2 Å². The van der Waals surface area contributed by atoms with E-state index in [-0.39, 0.29) is 22.8 Å². The van der Waals surface area contributed by atoms with Gasteiger partial charge in [0.2, 0.25) is 5.91 Å². The molecule has 0 fully saturated rings. The van der Waals surface area contributed by atoms with E-state index < -0.39 is 18.8 Å². The molecule has 0 aliphatic heterocycles. The van der Waals surface area contributed by atoms with E-state index in [1.165, 1.54) is 19.2 Å². The Morgan fingerprint density at radius 3 is 2.42 bits per heavy atom. The van der Waals surface area contributed by atoms with Crippen molar-refractivity contribution in [1.29, 1.82) is 0 Å². The van der Waals surface area contributed by atoms with E-state index >= 15 is 0 Å². The molecule has 0 spiro atoms. The lowest BCUT2D eigenvalue weighted by molar-refractivity contribution is -0.153. The van der Waals surface area contributed by atoms with Gasteiger partial charge in [0, 0.05) is 6.54 Å². The summed E-state index contributed by atoms with van der Waals surface area (Å²) >= 11 is 0. The highest BCUT2D eigenvalue weighted by Gasteiger charge is 2.29. The monoisotopic (exact) mass is 376 g/mol. The smallest absolute Gasteiger partial charge is 0.422 e. The Balaban J connectivity index is 2.61. The molecule has 0 aliphatic carbocycles. The Morgan fingerprint density at radius 2 is 1.88 bits per heavy atom. The molecule has 0 heterocycles. The van der Waals surface area contributed by atoms with Gasteiger partial charge in [-0.1, -0.05) is 26.8 Å². The highest BCUT2D eigenvalue weighted by molar-refractivity contribution is 5.81. The zero-order chi connectivity index (χ0) is 20.0. The van der Waals surface area contributed by atoms with Gasteiger partial charge in [0.25, 0.3) is 0 Å². The molecule has 1 aromatic rings. The SMILES string of the molecule is COc1ccc(CCNC(=O)C(N)CC(C)(C)C)cc1OCC(F)(F)F. The van der Waals surface area contributed by atoms with Crippen LogP contribution in [0.2, 0.25) is 0 Å². The van der Waals surface area contributed by atoms with Crippen molar-refractivity contribution >= 4 is 5.91 Å². The molecule has 0 aliphatic rings. The van der Waals surface area contributed by atoms with Crippen molar-refractivity contribution in [1.82, 2.24) is 5.32 Å². The number of hydrogen-bond donors (Lipinski definition) is 2. The molecular weight excluding hydrogens is 349 g/mol. The van der Waals surface area contributed by atoms with Crippen LogP contribution >= 0.6 is 0 Å². The molecule has 0 aromatic heterocycles. The fourth-order valence-corrected chi connectivity index (χ4v) is 2.36. The number of carbonyl (C=O) groups is 1. The van der Waals surface area contributed by atoms with Gasteiger partial charge in [0.1, 0.15) is 0 Å². The van der Waals surface area contributed by atoms with E-state index in [0.29, 0.717) is 24.9 Å². The second-order valence-electron chi connectivity index (χ2n) is 7.30. The third kappa shape index (κ3) is 8.42. The van der Waals surface area contributed by atoms with Crippen LogP contribution in [0.25, 0.3) is 0 Å². The van der Waals surface area contributed by atoms with Crippen molar-refractivity contribution in [2.45, 2.75) is 45.8 Å². The number of rotatable bonds is 8. The molecule has 1 amide bonds. The van der Waals surface area contributed by atoms with Crippen molar-refractivity contribution in [3.63, 3.8) is 0 Å². The molecule has 0 saturated carbocycles. The summed E-state index contributed by atoms with van der Waals surface area (Å²) in [5.74, 6) is -0.0192. The van der Waals surface area contributed by atoms with E-state index in [1.54, 1.807) is 6.07 Å². The molecule has 148 valence electrons. The van der Waals surface area contributed by atoms with Gasteiger partial charge in [-0.05, 0) is 36.0 Å². The lowest BCUT2D eigenvalue weighted by atomic mass is 9.88. The molecule has 1 aromatic carbocycles. The molecule has 8 heteroatoms. The Morgan fingerprint density at radius 1 is 1.23 bits per heavy atom. The fraction of sp³-hybridized carbons (Fsp3) is 0.611. The van der Waals surface area contributed by atoms with Crippen LogP contribution in [0.5, 0.6) is 11.5 Å². The maximum atomic E-state index is 12.3. The van der Waals surface area contributed by atoms with Crippen molar-refractivity contribution < 1.29 is 27.4 Å². The number of amides is 1. The average Bonchev–Trinajstić information content (AvgIpc) is 2.50. The largest absolute Gasteiger partial charge is 0.493 e. The first-order valence-corrected chi connectivity index (χ1v) is 8.31. The molecule has 0 saturated heterocycles. The van der Waals surface area contributed by atoms with Gasteiger partial charge in [-0.2, -0.15) is 13.2 Å². The quantitative estimate of drug-likeness (QED) is 0.731. The molecule has 3 N–H and O–H groups in total. The number of carbonyl (C=O) groups excluding carboxylic acids is 1. The van der Waals surface area contributed by atoms with Gasteiger partial charge in [0.15, 0.2) is 18.1 Å². The number of nitrogens with one attached hydrogen (secondary N) is 1.